The maximum Gasteiger partial charge on any atom is 0.235 e. The topological polar surface area (TPSA) is 46.9 Å². The van der Waals surface area contributed by atoms with Gasteiger partial charge in [-0.1, -0.05) is 44.2 Å². The first kappa shape index (κ1) is 15.3. The van der Waals surface area contributed by atoms with Gasteiger partial charge in [-0.05, 0) is 25.3 Å². The zero-order valence-electron chi connectivity index (χ0n) is 13.0. The summed E-state index contributed by atoms with van der Waals surface area (Å²) in [5, 5.41) is 7.21. The SMILES string of the molecule is CCn1cc(NC(=O)C(CC)(CC)c2ccccc2)cn1. The minimum atomic E-state index is -0.491. The van der Waals surface area contributed by atoms with Crippen LogP contribution in [0.3, 0.4) is 0 Å². The molecule has 2 aromatic rings. The van der Waals surface area contributed by atoms with Crippen molar-refractivity contribution in [1.82, 2.24) is 9.78 Å². The van der Waals surface area contributed by atoms with Gasteiger partial charge in [0.25, 0.3) is 0 Å². The van der Waals surface area contributed by atoms with Crippen LogP contribution in [0, 0.1) is 0 Å². The Morgan fingerprint density at radius 3 is 2.38 bits per heavy atom. The van der Waals surface area contributed by atoms with E-state index in [9.17, 15) is 4.79 Å². The number of nitrogens with one attached hydrogen (secondary N) is 1. The van der Waals surface area contributed by atoms with Gasteiger partial charge in [-0.3, -0.25) is 9.48 Å². The van der Waals surface area contributed by atoms with E-state index in [1.54, 1.807) is 10.9 Å². The number of anilines is 1. The molecule has 1 heterocycles. The van der Waals surface area contributed by atoms with E-state index < -0.39 is 5.41 Å². The number of carbonyl (C=O) groups is 1. The summed E-state index contributed by atoms with van der Waals surface area (Å²) in [5.41, 5.74) is 1.33. The van der Waals surface area contributed by atoms with Crippen LogP contribution in [0.1, 0.15) is 39.2 Å². The second-order valence-corrected chi connectivity index (χ2v) is 5.19. The number of hydrogen-bond acceptors (Lipinski definition) is 2. The van der Waals surface area contributed by atoms with Gasteiger partial charge in [-0.15, -0.1) is 0 Å². The minimum Gasteiger partial charge on any atom is -0.323 e. The summed E-state index contributed by atoms with van der Waals surface area (Å²) >= 11 is 0. The third-order valence-electron chi connectivity index (χ3n) is 4.18. The summed E-state index contributed by atoms with van der Waals surface area (Å²) < 4.78 is 1.80. The zero-order chi connectivity index (χ0) is 15.3. The average molecular weight is 285 g/mol. The van der Waals surface area contributed by atoms with Gasteiger partial charge in [0.1, 0.15) is 0 Å². The second kappa shape index (κ2) is 6.57. The molecule has 0 aliphatic heterocycles. The summed E-state index contributed by atoms with van der Waals surface area (Å²) in [5.74, 6) is 0.0364. The van der Waals surface area contributed by atoms with Crippen molar-refractivity contribution in [3.63, 3.8) is 0 Å². The van der Waals surface area contributed by atoms with E-state index in [4.69, 9.17) is 0 Å². The summed E-state index contributed by atoms with van der Waals surface area (Å²) in [6.45, 7) is 6.93. The molecule has 0 radical (unpaired) electrons. The van der Waals surface area contributed by atoms with Gasteiger partial charge in [0.2, 0.25) is 5.91 Å². The molecule has 4 heteroatoms. The highest BCUT2D eigenvalue weighted by Crippen LogP contribution is 2.33. The van der Waals surface area contributed by atoms with Gasteiger partial charge in [0.15, 0.2) is 0 Å². The van der Waals surface area contributed by atoms with Crippen molar-refractivity contribution in [3.05, 3.63) is 48.3 Å². The predicted octanol–water partition coefficient (Wildman–Crippen LogP) is 3.60. The number of nitrogens with zero attached hydrogens (tertiary/aromatic N) is 2. The number of aromatic nitrogens is 2. The number of carbonyl (C=O) groups excluding carboxylic acids is 1. The van der Waals surface area contributed by atoms with Crippen LogP contribution in [-0.4, -0.2) is 15.7 Å². The van der Waals surface area contributed by atoms with Crippen molar-refractivity contribution in [2.75, 3.05) is 5.32 Å². The Hall–Kier alpha value is -2.10. The molecule has 0 spiro atoms. The second-order valence-electron chi connectivity index (χ2n) is 5.19. The Labute approximate surface area is 126 Å². The molecule has 0 saturated carbocycles. The Bertz CT molecular complexity index is 585. The lowest BCUT2D eigenvalue weighted by atomic mass is 9.75. The molecule has 21 heavy (non-hydrogen) atoms. The van der Waals surface area contributed by atoms with E-state index in [0.717, 1.165) is 30.6 Å². The summed E-state index contributed by atoms with van der Waals surface area (Å²) in [6, 6.07) is 10.0. The van der Waals surface area contributed by atoms with Crippen LogP contribution in [0.2, 0.25) is 0 Å². The van der Waals surface area contributed by atoms with Crippen LogP contribution in [0.5, 0.6) is 0 Å². The normalized spacial score (nSPS) is 11.4. The number of benzene rings is 1. The van der Waals surface area contributed by atoms with Crippen molar-refractivity contribution in [3.8, 4) is 0 Å². The van der Waals surface area contributed by atoms with Crippen LogP contribution in [0.25, 0.3) is 0 Å². The molecule has 0 atom stereocenters. The van der Waals surface area contributed by atoms with Gasteiger partial charge < -0.3 is 5.32 Å². The van der Waals surface area contributed by atoms with Crippen LogP contribution in [0.4, 0.5) is 5.69 Å². The van der Waals surface area contributed by atoms with Crippen molar-refractivity contribution in [2.45, 2.75) is 45.6 Å². The largest absolute Gasteiger partial charge is 0.323 e. The molecule has 1 N–H and O–H groups in total. The lowest BCUT2D eigenvalue weighted by Gasteiger charge is -2.30. The third-order valence-corrected chi connectivity index (χ3v) is 4.18. The molecule has 1 amide bonds. The van der Waals surface area contributed by atoms with Crippen LogP contribution >= 0.6 is 0 Å². The molecule has 0 fully saturated rings. The highest BCUT2D eigenvalue weighted by molar-refractivity contribution is 5.99. The Morgan fingerprint density at radius 2 is 1.86 bits per heavy atom. The van der Waals surface area contributed by atoms with Crippen LogP contribution in [0.15, 0.2) is 42.7 Å². The lowest BCUT2D eigenvalue weighted by Crippen LogP contribution is -2.39. The maximum atomic E-state index is 12.8. The maximum absolute atomic E-state index is 12.8. The Balaban J connectivity index is 2.27. The number of aryl methyl sites for hydroxylation is 1. The lowest BCUT2D eigenvalue weighted by molar-refractivity contribution is -0.121. The fourth-order valence-electron chi connectivity index (χ4n) is 2.72. The Morgan fingerprint density at radius 1 is 1.19 bits per heavy atom. The Kier molecular flexibility index (Phi) is 4.78. The monoisotopic (exact) mass is 285 g/mol. The fourth-order valence-corrected chi connectivity index (χ4v) is 2.72. The summed E-state index contributed by atoms with van der Waals surface area (Å²) in [7, 11) is 0. The molecule has 0 aliphatic rings. The minimum absolute atomic E-state index is 0.0364. The quantitative estimate of drug-likeness (QED) is 0.881. The smallest absolute Gasteiger partial charge is 0.235 e. The van der Waals surface area contributed by atoms with E-state index >= 15 is 0 Å². The van der Waals surface area contributed by atoms with E-state index in [0.29, 0.717) is 0 Å². The van der Waals surface area contributed by atoms with E-state index in [-0.39, 0.29) is 5.91 Å². The van der Waals surface area contributed by atoms with E-state index in [1.807, 2.05) is 43.5 Å². The highest BCUT2D eigenvalue weighted by Gasteiger charge is 2.36. The van der Waals surface area contributed by atoms with Gasteiger partial charge in [0, 0.05) is 12.7 Å². The van der Waals surface area contributed by atoms with Gasteiger partial charge in [-0.25, -0.2) is 0 Å². The van der Waals surface area contributed by atoms with Crippen LogP contribution < -0.4 is 5.32 Å². The zero-order valence-corrected chi connectivity index (χ0v) is 13.0. The van der Waals surface area contributed by atoms with Crippen molar-refractivity contribution in [2.24, 2.45) is 0 Å². The van der Waals surface area contributed by atoms with Crippen LogP contribution in [-0.2, 0) is 16.8 Å². The summed E-state index contributed by atoms with van der Waals surface area (Å²) in [6.07, 6.45) is 5.09. The van der Waals surface area contributed by atoms with Crippen molar-refractivity contribution < 1.29 is 4.79 Å². The summed E-state index contributed by atoms with van der Waals surface area (Å²) in [4.78, 5) is 12.8. The molecule has 0 unspecified atom stereocenters. The first-order chi connectivity index (χ1) is 10.2. The van der Waals surface area contributed by atoms with Gasteiger partial charge >= 0.3 is 0 Å². The average Bonchev–Trinajstić information content (AvgIpc) is 2.98. The standard InChI is InChI=1S/C17H23N3O/c1-4-17(5-2,14-10-8-7-9-11-14)16(21)19-15-12-18-20(6-3)13-15/h7-13H,4-6H2,1-3H3,(H,19,21). The van der Waals surface area contributed by atoms with Gasteiger partial charge in [-0.2, -0.15) is 5.10 Å². The molecule has 4 nitrogen and oxygen atoms in total. The van der Waals surface area contributed by atoms with Crippen molar-refractivity contribution in [1.29, 1.82) is 0 Å². The fraction of sp³-hybridized carbons (Fsp3) is 0.412. The first-order valence-corrected chi connectivity index (χ1v) is 7.55. The molecule has 1 aromatic carbocycles. The number of hydrogen-bond donors (Lipinski definition) is 1. The van der Waals surface area contributed by atoms with E-state index in [1.165, 1.54) is 0 Å². The first-order valence-electron chi connectivity index (χ1n) is 7.55. The third kappa shape index (κ3) is 2.99. The van der Waals surface area contributed by atoms with Crippen molar-refractivity contribution >= 4 is 11.6 Å². The number of amides is 1. The molecular formula is C17H23N3O. The molecule has 0 aliphatic carbocycles. The predicted molar refractivity (Wildman–Crippen MR) is 85.2 cm³/mol. The molecule has 0 bridgehead atoms. The molecule has 112 valence electrons. The number of rotatable bonds is 6. The molecule has 0 saturated heterocycles. The van der Waals surface area contributed by atoms with E-state index in [2.05, 4.69) is 24.3 Å². The van der Waals surface area contributed by atoms with Gasteiger partial charge in [0.05, 0.1) is 17.3 Å². The highest BCUT2D eigenvalue weighted by atomic mass is 16.2. The molecule has 1 aromatic heterocycles. The molecular weight excluding hydrogens is 262 g/mol. The molecule has 2 rings (SSSR count).